The highest BCUT2D eigenvalue weighted by Gasteiger charge is 2.57. The van der Waals surface area contributed by atoms with Gasteiger partial charge in [0.05, 0.1) is 29.7 Å². The molecule has 1 aromatic heterocycles. The molecule has 7 nitrogen and oxygen atoms in total. The molecular formula is C29H42Cl2N5O2+. The zero-order valence-corrected chi connectivity index (χ0v) is 24.5. The normalized spacial score (nSPS) is 19.5. The minimum atomic E-state index is -0.413. The summed E-state index contributed by atoms with van der Waals surface area (Å²) >= 11 is 12.7. The molecule has 1 atom stereocenters. The molecule has 208 valence electrons. The lowest BCUT2D eigenvalue weighted by Gasteiger charge is -2.56. The number of quaternary nitrogens is 1. The average Bonchev–Trinajstić information content (AvgIpc) is 3.47. The van der Waals surface area contributed by atoms with Crippen LogP contribution in [0.2, 0.25) is 10.0 Å². The number of piperidine rings is 2. The Balaban J connectivity index is 1.65. The molecule has 2 saturated heterocycles. The second-order valence-corrected chi connectivity index (χ2v) is 12.1. The summed E-state index contributed by atoms with van der Waals surface area (Å²) in [4.78, 5) is 33.6. The number of carbonyl (C=O) groups is 2. The standard InChI is InChI=1S/C29H41Cl2N5O2/c1-34(2)28(38)29(12-15-32-16-13-29)36(17-5-4-6-18-36)19-11-23(22-9-10-24(30)25(31)20-22)21-35(3)27(37)26-8-7-14-33-26/h7-10,14,20,23,32H,4-6,11-13,15-19,21H2,1-3H3/p+1. The van der Waals surface area contributed by atoms with Crippen molar-refractivity contribution in [1.82, 2.24) is 20.1 Å². The van der Waals surface area contributed by atoms with Crippen molar-refractivity contribution in [2.75, 3.05) is 60.4 Å². The first-order valence-electron chi connectivity index (χ1n) is 13.8. The Labute approximate surface area is 237 Å². The van der Waals surface area contributed by atoms with Crippen LogP contribution in [0.5, 0.6) is 0 Å². The van der Waals surface area contributed by atoms with Crippen LogP contribution in [-0.2, 0) is 4.79 Å². The molecule has 3 heterocycles. The van der Waals surface area contributed by atoms with Crippen LogP contribution >= 0.6 is 23.2 Å². The van der Waals surface area contributed by atoms with E-state index in [-0.39, 0.29) is 17.7 Å². The molecule has 0 saturated carbocycles. The second-order valence-electron chi connectivity index (χ2n) is 11.3. The van der Waals surface area contributed by atoms with Gasteiger partial charge < -0.3 is 24.6 Å². The van der Waals surface area contributed by atoms with Gasteiger partial charge in [0, 0.05) is 72.2 Å². The fraction of sp³-hybridized carbons (Fsp3) is 0.586. The first-order chi connectivity index (χ1) is 18.2. The molecule has 9 heteroatoms. The van der Waals surface area contributed by atoms with E-state index in [2.05, 4.69) is 10.3 Å². The summed E-state index contributed by atoms with van der Waals surface area (Å²) in [6.45, 7) is 5.20. The number of hydrogen-bond acceptors (Lipinski definition) is 3. The van der Waals surface area contributed by atoms with Crippen LogP contribution in [-0.4, -0.2) is 97.0 Å². The first-order valence-corrected chi connectivity index (χ1v) is 14.6. The number of hydrogen-bond donors (Lipinski definition) is 2. The van der Waals surface area contributed by atoms with Crippen LogP contribution in [0.4, 0.5) is 0 Å². The van der Waals surface area contributed by atoms with Crippen molar-refractivity contribution in [2.45, 2.75) is 50.0 Å². The second kappa shape index (κ2) is 12.4. The van der Waals surface area contributed by atoms with E-state index in [9.17, 15) is 9.59 Å². The largest absolute Gasteiger partial charge is 0.357 e. The fourth-order valence-corrected chi connectivity index (χ4v) is 7.05. The highest BCUT2D eigenvalue weighted by molar-refractivity contribution is 6.42. The van der Waals surface area contributed by atoms with Crippen molar-refractivity contribution >= 4 is 35.0 Å². The van der Waals surface area contributed by atoms with Gasteiger partial charge in [-0.25, -0.2) is 0 Å². The molecule has 1 aromatic carbocycles. The molecular weight excluding hydrogens is 521 g/mol. The van der Waals surface area contributed by atoms with Crippen molar-refractivity contribution in [3.8, 4) is 0 Å². The Morgan fingerprint density at radius 1 is 1.03 bits per heavy atom. The van der Waals surface area contributed by atoms with E-state index in [0.29, 0.717) is 22.3 Å². The van der Waals surface area contributed by atoms with Crippen LogP contribution in [0.1, 0.15) is 60.5 Å². The topological polar surface area (TPSA) is 68.4 Å². The van der Waals surface area contributed by atoms with Gasteiger partial charge in [-0.15, -0.1) is 0 Å². The molecule has 2 fully saturated rings. The van der Waals surface area contributed by atoms with Gasteiger partial charge in [-0.05, 0) is 49.1 Å². The summed E-state index contributed by atoms with van der Waals surface area (Å²) in [7, 11) is 5.64. The minimum absolute atomic E-state index is 0.0421. The Morgan fingerprint density at radius 2 is 1.74 bits per heavy atom. The maximum atomic E-state index is 13.9. The van der Waals surface area contributed by atoms with Gasteiger partial charge in [0.1, 0.15) is 5.69 Å². The number of nitrogens with zero attached hydrogens (tertiary/aromatic N) is 3. The molecule has 0 radical (unpaired) electrons. The average molecular weight is 564 g/mol. The number of aromatic amines is 1. The number of likely N-dealkylation sites (N-methyl/N-ethyl adjacent to an activating group) is 2. The van der Waals surface area contributed by atoms with E-state index in [1.807, 2.05) is 45.4 Å². The first kappa shape index (κ1) is 28.9. The molecule has 2 amide bonds. The number of rotatable bonds is 9. The number of likely N-dealkylation sites (tertiary alicyclic amines) is 1. The number of nitrogens with one attached hydrogen (secondary N) is 2. The smallest absolute Gasteiger partial charge is 0.283 e. The van der Waals surface area contributed by atoms with Crippen molar-refractivity contribution in [2.24, 2.45) is 0 Å². The number of carbonyl (C=O) groups excluding carboxylic acids is 2. The molecule has 0 aliphatic carbocycles. The van der Waals surface area contributed by atoms with Gasteiger partial charge in [0.25, 0.3) is 11.8 Å². The Kier molecular flexibility index (Phi) is 9.45. The number of benzene rings is 1. The Hall–Kier alpha value is -2.06. The zero-order chi connectivity index (χ0) is 27.3. The fourth-order valence-electron chi connectivity index (χ4n) is 6.75. The Morgan fingerprint density at radius 3 is 2.34 bits per heavy atom. The molecule has 4 rings (SSSR count). The third kappa shape index (κ3) is 5.91. The van der Waals surface area contributed by atoms with E-state index in [1.165, 1.54) is 6.42 Å². The lowest BCUT2D eigenvalue weighted by Crippen LogP contribution is -2.74. The maximum absolute atomic E-state index is 13.9. The summed E-state index contributed by atoms with van der Waals surface area (Å²) in [5.41, 5.74) is 1.23. The van der Waals surface area contributed by atoms with Crippen LogP contribution in [0, 0.1) is 0 Å². The monoisotopic (exact) mass is 562 g/mol. The number of halogens is 2. The predicted octanol–water partition coefficient (Wildman–Crippen LogP) is 4.78. The van der Waals surface area contributed by atoms with Gasteiger partial charge in [-0.1, -0.05) is 29.3 Å². The number of aromatic nitrogens is 1. The molecule has 1 unspecified atom stereocenters. The van der Waals surface area contributed by atoms with E-state index in [1.54, 1.807) is 22.1 Å². The third-order valence-corrected chi connectivity index (χ3v) is 9.54. The van der Waals surface area contributed by atoms with Crippen LogP contribution < -0.4 is 5.32 Å². The molecule has 0 spiro atoms. The summed E-state index contributed by atoms with van der Waals surface area (Å²) in [6.07, 6.45) is 7.81. The molecule has 0 bridgehead atoms. The van der Waals surface area contributed by atoms with Crippen LogP contribution in [0.15, 0.2) is 36.5 Å². The van der Waals surface area contributed by atoms with Crippen LogP contribution in [0.3, 0.4) is 0 Å². The van der Waals surface area contributed by atoms with Crippen molar-refractivity contribution < 1.29 is 14.1 Å². The van der Waals surface area contributed by atoms with Crippen LogP contribution in [0.25, 0.3) is 0 Å². The molecule has 38 heavy (non-hydrogen) atoms. The lowest BCUT2D eigenvalue weighted by atomic mass is 9.79. The third-order valence-electron chi connectivity index (χ3n) is 8.81. The highest BCUT2D eigenvalue weighted by atomic mass is 35.5. The van der Waals surface area contributed by atoms with Crippen molar-refractivity contribution in [3.05, 3.63) is 57.8 Å². The maximum Gasteiger partial charge on any atom is 0.283 e. The minimum Gasteiger partial charge on any atom is -0.357 e. The van der Waals surface area contributed by atoms with E-state index in [0.717, 1.165) is 74.9 Å². The zero-order valence-electron chi connectivity index (χ0n) is 22.9. The lowest BCUT2D eigenvalue weighted by molar-refractivity contribution is -0.972. The summed E-state index contributed by atoms with van der Waals surface area (Å²) in [6, 6.07) is 9.44. The van der Waals surface area contributed by atoms with Gasteiger partial charge >= 0.3 is 0 Å². The molecule has 2 N–H and O–H groups in total. The van der Waals surface area contributed by atoms with E-state index in [4.69, 9.17) is 23.2 Å². The Bertz CT molecular complexity index is 1090. The van der Waals surface area contributed by atoms with Crippen molar-refractivity contribution in [1.29, 1.82) is 0 Å². The van der Waals surface area contributed by atoms with E-state index < -0.39 is 5.54 Å². The summed E-state index contributed by atoms with van der Waals surface area (Å²) in [5, 5.41) is 4.53. The quantitative estimate of drug-likeness (QED) is 0.432. The highest BCUT2D eigenvalue weighted by Crippen LogP contribution is 2.40. The molecule has 2 aromatic rings. The number of H-pyrrole nitrogens is 1. The van der Waals surface area contributed by atoms with Gasteiger partial charge in [0.2, 0.25) is 0 Å². The van der Waals surface area contributed by atoms with Gasteiger partial charge in [-0.2, -0.15) is 0 Å². The van der Waals surface area contributed by atoms with Gasteiger partial charge in [0.15, 0.2) is 5.54 Å². The molecule has 2 aliphatic rings. The summed E-state index contributed by atoms with van der Waals surface area (Å²) < 4.78 is 0.831. The molecule has 2 aliphatic heterocycles. The SMILES string of the molecule is CN(C)C(=O)C1([N+]2(CCC(CN(C)C(=O)c3ccc[nH]3)c3ccc(Cl)c(Cl)c3)CCCCC2)CCNCC1. The number of amides is 2. The van der Waals surface area contributed by atoms with E-state index >= 15 is 0 Å². The van der Waals surface area contributed by atoms with Gasteiger partial charge in [-0.3, -0.25) is 9.59 Å². The summed E-state index contributed by atoms with van der Waals surface area (Å²) in [5.74, 6) is 0.268. The van der Waals surface area contributed by atoms with Crippen molar-refractivity contribution in [3.63, 3.8) is 0 Å². The predicted molar refractivity (Wildman–Crippen MR) is 154 cm³/mol.